The second-order valence-corrected chi connectivity index (χ2v) is 5.64. The molecule has 0 amide bonds. The van der Waals surface area contributed by atoms with Gasteiger partial charge in [0.05, 0.1) is 0 Å². The molecule has 1 heterocycles. The monoisotopic (exact) mass is 260 g/mol. The fourth-order valence-corrected chi connectivity index (χ4v) is 3.28. The zero-order valence-electron chi connectivity index (χ0n) is 12.7. The molecule has 2 unspecified atom stereocenters. The van der Waals surface area contributed by atoms with Crippen LogP contribution in [0.3, 0.4) is 0 Å². The van der Waals surface area contributed by atoms with Crippen LogP contribution in [0.2, 0.25) is 0 Å². The molecule has 2 rings (SSSR count). The average molecular weight is 260 g/mol. The Morgan fingerprint density at radius 2 is 2.11 bits per heavy atom. The van der Waals surface area contributed by atoms with Crippen molar-refractivity contribution in [2.24, 2.45) is 0 Å². The van der Waals surface area contributed by atoms with Crippen molar-refractivity contribution in [1.82, 2.24) is 5.32 Å². The lowest BCUT2D eigenvalue weighted by Gasteiger charge is -2.32. The second kappa shape index (κ2) is 6.95. The summed E-state index contributed by atoms with van der Waals surface area (Å²) in [6, 6.07) is 10.1. The standard InChI is InChI=1S/C17H28N2/c1-4-9-14(3)19-13-8-11-16(18-5-2)15-10-6-7-12-17(15)19/h6-7,10,12,14,16,18H,4-5,8-9,11,13H2,1-3H3. The minimum Gasteiger partial charge on any atom is -0.369 e. The highest BCUT2D eigenvalue weighted by Crippen LogP contribution is 2.34. The first-order chi connectivity index (χ1) is 9.27. The van der Waals surface area contributed by atoms with E-state index in [1.54, 1.807) is 0 Å². The van der Waals surface area contributed by atoms with Crippen molar-refractivity contribution in [1.29, 1.82) is 0 Å². The van der Waals surface area contributed by atoms with Crippen molar-refractivity contribution < 1.29 is 0 Å². The molecule has 2 atom stereocenters. The molecule has 0 bridgehead atoms. The van der Waals surface area contributed by atoms with Gasteiger partial charge in [-0.15, -0.1) is 0 Å². The van der Waals surface area contributed by atoms with E-state index in [1.165, 1.54) is 43.5 Å². The Labute approximate surface area is 118 Å². The maximum absolute atomic E-state index is 3.65. The molecule has 0 radical (unpaired) electrons. The van der Waals surface area contributed by atoms with Crippen LogP contribution in [0.4, 0.5) is 5.69 Å². The lowest BCUT2D eigenvalue weighted by molar-refractivity contribution is 0.504. The van der Waals surface area contributed by atoms with Gasteiger partial charge in [-0.05, 0) is 44.4 Å². The van der Waals surface area contributed by atoms with E-state index in [4.69, 9.17) is 0 Å². The van der Waals surface area contributed by atoms with Crippen molar-refractivity contribution in [2.45, 2.75) is 58.5 Å². The molecule has 0 aliphatic carbocycles. The highest BCUT2D eigenvalue weighted by molar-refractivity contribution is 5.56. The summed E-state index contributed by atoms with van der Waals surface area (Å²) in [4.78, 5) is 2.62. The summed E-state index contributed by atoms with van der Waals surface area (Å²) in [6.45, 7) is 9.09. The van der Waals surface area contributed by atoms with Gasteiger partial charge in [-0.1, -0.05) is 38.5 Å². The number of para-hydroxylation sites is 1. The third-order valence-corrected chi connectivity index (χ3v) is 4.20. The average Bonchev–Trinajstić information content (AvgIpc) is 2.60. The van der Waals surface area contributed by atoms with Crippen molar-refractivity contribution in [3.8, 4) is 0 Å². The summed E-state index contributed by atoms with van der Waals surface area (Å²) in [5.74, 6) is 0. The van der Waals surface area contributed by atoms with E-state index in [1.807, 2.05) is 0 Å². The summed E-state index contributed by atoms with van der Waals surface area (Å²) >= 11 is 0. The van der Waals surface area contributed by atoms with Gasteiger partial charge >= 0.3 is 0 Å². The topological polar surface area (TPSA) is 15.3 Å². The highest BCUT2D eigenvalue weighted by Gasteiger charge is 2.24. The quantitative estimate of drug-likeness (QED) is 0.856. The zero-order valence-corrected chi connectivity index (χ0v) is 12.7. The van der Waals surface area contributed by atoms with E-state index in [9.17, 15) is 0 Å². The number of nitrogens with zero attached hydrogens (tertiary/aromatic N) is 1. The van der Waals surface area contributed by atoms with Crippen LogP contribution in [0.1, 0.15) is 58.1 Å². The normalized spacial score (nSPS) is 20.8. The Morgan fingerprint density at radius 1 is 1.32 bits per heavy atom. The maximum atomic E-state index is 3.65. The number of fused-ring (bicyclic) bond motifs is 1. The van der Waals surface area contributed by atoms with Gasteiger partial charge in [0.2, 0.25) is 0 Å². The minimum atomic E-state index is 0.528. The molecule has 1 aliphatic rings. The molecule has 0 aromatic heterocycles. The lowest BCUT2D eigenvalue weighted by Crippen LogP contribution is -2.33. The van der Waals surface area contributed by atoms with Gasteiger partial charge in [-0.25, -0.2) is 0 Å². The van der Waals surface area contributed by atoms with Gasteiger partial charge in [0.15, 0.2) is 0 Å². The molecule has 19 heavy (non-hydrogen) atoms. The van der Waals surface area contributed by atoms with E-state index in [0.717, 1.165) is 6.54 Å². The van der Waals surface area contributed by atoms with Crippen LogP contribution >= 0.6 is 0 Å². The number of nitrogens with one attached hydrogen (secondary N) is 1. The molecule has 106 valence electrons. The Kier molecular flexibility index (Phi) is 5.26. The van der Waals surface area contributed by atoms with Crippen LogP contribution in [0.25, 0.3) is 0 Å². The largest absolute Gasteiger partial charge is 0.369 e. The SMILES string of the molecule is CCCC(C)N1CCCC(NCC)c2ccccc21. The first-order valence-corrected chi connectivity index (χ1v) is 7.86. The van der Waals surface area contributed by atoms with Crippen LogP contribution in [-0.2, 0) is 0 Å². The molecule has 0 saturated heterocycles. The number of rotatable bonds is 5. The molecular formula is C17H28N2. The van der Waals surface area contributed by atoms with Crippen LogP contribution < -0.4 is 10.2 Å². The molecule has 1 aromatic rings. The molecule has 1 N–H and O–H groups in total. The summed E-state index contributed by atoms with van der Waals surface area (Å²) in [5, 5.41) is 3.65. The summed E-state index contributed by atoms with van der Waals surface area (Å²) in [5.41, 5.74) is 2.94. The first kappa shape index (κ1) is 14.4. The van der Waals surface area contributed by atoms with E-state index in [0.29, 0.717) is 12.1 Å². The molecule has 2 nitrogen and oxygen atoms in total. The van der Waals surface area contributed by atoms with E-state index < -0.39 is 0 Å². The minimum absolute atomic E-state index is 0.528. The Hall–Kier alpha value is -1.02. The first-order valence-electron chi connectivity index (χ1n) is 7.86. The lowest BCUT2D eigenvalue weighted by atomic mass is 10.0. The maximum Gasteiger partial charge on any atom is 0.0417 e. The summed E-state index contributed by atoms with van der Waals surface area (Å²) in [6.07, 6.45) is 5.07. The van der Waals surface area contributed by atoms with Crippen LogP contribution in [-0.4, -0.2) is 19.1 Å². The third-order valence-electron chi connectivity index (χ3n) is 4.20. The van der Waals surface area contributed by atoms with Gasteiger partial charge in [-0.3, -0.25) is 0 Å². The number of hydrogen-bond acceptors (Lipinski definition) is 2. The molecule has 1 aromatic carbocycles. The number of benzene rings is 1. The van der Waals surface area contributed by atoms with Gasteiger partial charge in [0.25, 0.3) is 0 Å². The summed E-state index contributed by atoms with van der Waals surface area (Å²) in [7, 11) is 0. The van der Waals surface area contributed by atoms with E-state index in [2.05, 4.69) is 55.3 Å². The Balaban J connectivity index is 2.30. The van der Waals surface area contributed by atoms with Gasteiger partial charge in [0, 0.05) is 24.3 Å². The molecular weight excluding hydrogens is 232 g/mol. The predicted octanol–water partition coefficient (Wildman–Crippen LogP) is 4.13. The van der Waals surface area contributed by atoms with Crippen molar-refractivity contribution in [2.75, 3.05) is 18.0 Å². The smallest absolute Gasteiger partial charge is 0.0417 e. The zero-order chi connectivity index (χ0) is 13.7. The van der Waals surface area contributed by atoms with Gasteiger partial charge < -0.3 is 10.2 Å². The van der Waals surface area contributed by atoms with Crippen molar-refractivity contribution >= 4 is 5.69 Å². The van der Waals surface area contributed by atoms with E-state index in [-0.39, 0.29) is 0 Å². The Bertz CT molecular complexity index is 389. The molecule has 0 fully saturated rings. The van der Waals surface area contributed by atoms with Crippen LogP contribution in [0, 0.1) is 0 Å². The summed E-state index contributed by atoms with van der Waals surface area (Å²) < 4.78 is 0. The number of hydrogen-bond donors (Lipinski definition) is 1. The molecule has 0 spiro atoms. The Morgan fingerprint density at radius 3 is 2.84 bits per heavy atom. The second-order valence-electron chi connectivity index (χ2n) is 5.64. The van der Waals surface area contributed by atoms with Gasteiger partial charge in [0.1, 0.15) is 0 Å². The van der Waals surface area contributed by atoms with Crippen LogP contribution in [0.15, 0.2) is 24.3 Å². The van der Waals surface area contributed by atoms with Crippen molar-refractivity contribution in [3.05, 3.63) is 29.8 Å². The molecule has 2 heteroatoms. The highest BCUT2D eigenvalue weighted by atomic mass is 15.2. The van der Waals surface area contributed by atoms with Gasteiger partial charge in [-0.2, -0.15) is 0 Å². The fraction of sp³-hybridized carbons (Fsp3) is 0.647. The number of anilines is 1. The molecule has 0 saturated carbocycles. The molecule has 1 aliphatic heterocycles. The van der Waals surface area contributed by atoms with E-state index >= 15 is 0 Å². The van der Waals surface area contributed by atoms with Crippen molar-refractivity contribution in [3.63, 3.8) is 0 Å². The predicted molar refractivity (Wildman–Crippen MR) is 83.8 cm³/mol. The van der Waals surface area contributed by atoms with Crippen LogP contribution in [0.5, 0.6) is 0 Å². The third kappa shape index (κ3) is 3.30. The fourth-order valence-electron chi connectivity index (χ4n) is 3.28.